The zero-order chi connectivity index (χ0) is 13.7. The van der Waals surface area contributed by atoms with Crippen LogP contribution in [0.4, 0.5) is 0 Å². The summed E-state index contributed by atoms with van der Waals surface area (Å²) in [5, 5.41) is 4.36. The number of rotatable bonds is 6. The second-order valence-electron chi connectivity index (χ2n) is 4.34. The number of hydrogen-bond acceptors (Lipinski definition) is 3. The van der Waals surface area contributed by atoms with Gasteiger partial charge in [-0.3, -0.25) is 4.98 Å². The summed E-state index contributed by atoms with van der Waals surface area (Å²) in [5.41, 5.74) is 3.02. The molecule has 0 aliphatic rings. The van der Waals surface area contributed by atoms with Gasteiger partial charge < -0.3 is 5.32 Å². The molecule has 0 spiro atoms. The minimum absolute atomic E-state index is 0.237. The summed E-state index contributed by atoms with van der Waals surface area (Å²) in [7, 11) is 0. The highest BCUT2D eigenvalue weighted by molar-refractivity contribution is 9.10. The lowest BCUT2D eigenvalue weighted by atomic mass is 10.0. The maximum Gasteiger partial charge on any atom is 0.0794 e. The second kappa shape index (κ2) is 7.39. The average Bonchev–Trinajstić information content (AvgIpc) is 2.88. The number of thiazole rings is 1. The van der Waals surface area contributed by atoms with Gasteiger partial charge in [0.25, 0.3) is 0 Å². The molecule has 1 N–H and O–H groups in total. The van der Waals surface area contributed by atoms with Gasteiger partial charge in [0.1, 0.15) is 0 Å². The lowest BCUT2D eigenvalue weighted by Crippen LogP contribution is -2.24. The topological polar surface area (TPSA) is 24.9 Å². The zero-order valence-corrected chi connectivity index (χ0v) is 13.9. The smallest absolute Gasteiger partial charge is 0.0794 e. The fourth-order valence-corrected chi connectivity index (χ4v) is 3.39. The molecule has 19 heavy (non-hydrogen) atoms. The molecule has 2 nitrogen and oxygen atoms in total. The van der Waals surface area contributed by atoms with E-state index < -0.39 is 0 Å². The summed E-state index contributed by atoms with van der Waals surface area (Å²) in [4.78, 5) is 5.41. The third-order valence-corrected chi connectivity index (χ3v) is 4.49. The van der Waals surface area contributed by atoms with Gasteiger partial charge in [0.15, 0.2) is 0 Å². The molecule has 0 fully saturated rings. The molecule has 5 heteroatoms. The molecule has 0 saturated heterocycles. The van der Waals surface area contributed by atoms with Gasteiger partial charge in [-0.25, -0.2) is 0 Å². The Hall–Kier alpha value is -0.420. The molecular formula is C14H16BrClN2S. The third-order valence-electron chi connectivity index (χ3n) is 2.87. The summed E-state index contributed by atoms with van der Waals surface area (Å²) in [6.07, 6.45) is 3.96. The second-order valence-corrected chi connectivity index (χ2v) is 6.64. The van der Waals surface area contributed by atoms with Gasteiger partial charge in [0.05, 0.1) is 5.51 Å². The number of hydrogen-bond donors (Lipinski definition) is 1. The predicted molar refractivity (Wildman–Crippen MR) is 86.0 cm³/mol. The normalized spacial score (nSPS) is 12.6. The van der Waals surface area contributed by atoms with E-state index in [2.05, 4.69) is 39.2 Å². The zero-order valence-electron chi connectivity index (χ0n) is 10.7. The van der Waals surface area contributed by atoms with Crippen LogP contribution < -0.4 is 5.32 Å². The lowest BCUT2D eigenvalue weighted by molar-refractivity contribution is 0.532. The van der Waals surface area contributed by atoms with Crippen molar-refractivity contribution < 1.29 is 0 Å². The van der Waals surface area contributed by atoms with Crippen molar-refractivity contribution >= 4 is 38.9 Å². The summed E-state index contributed by atoms with van der Waals surface area (Å²) < 4.78 is 1.01. The molecule has 0 amide bonds. The molecule has 2 aromatic rings. The predicted octanol–water partition coefficient (Wildman–Crippen LogP) is 4.84. The van der Waals surface area contributed by atoms with Gasteiger partial charge in [-0.15, -0.1) is 11.3 Å². The van der Waals surface area contributed by atoms with E-state index in [1.54, 1.807) is 11.3 Å². The van der Waals surface area contributed by atoms with E-state index in [1.165, 1.54) is 4.88 Å². The quantitative estimate of drug-likeness (QED) is 0.798. The minimum atomic E-state index is 0.237. The van der Waals surface area contributed by atoms with Crippen LogP contribution in [0.1, 0.15) is 29.8 Å². The van der Waals surface area contributed by atoms with Gasteiger partial charge in [-0.1, -0.05) is 40.5 Å². The molecule has 2 rings (SSSR count). The Labute approximate surface area is 131 Å². The molecule has 0 radical (unpaired) electrons. The van der Waals surface area contributed by atoms with Crippen LogP contribution in [0.5, 0.6) is 0 Å². The van der Waals surface area contributed by atoms with E-state index >= 15 is 0 Å². The van der Waals surface area contributed by atoms with Crippen molar-refractivity contribution in [3.8, 4) is 0 Å². The SMILES string of the molecule is CCCNC(Cc1cncs1)c1ccc(Br)cc1Cl. The molecule has 0 aliphatic carbocycles. The minimum Gasteiger partial charge on any atom is -0.310 e. The molecular weight excluding hydrogens is 344 g/mol. The van der Waals surface area contributed by atoms with E-state index in [-0.39, 0.29) is 6.04 Å². The van der Waals surface area contributed by atoms with Crippen molar-refractivity contribution in [1.82, 2.24) is 10.3 Å². The molecule has 1 aromatic heterocycles. The Morgan fingerprint density at radius 2 is 2.32 bits per heavy atom. The van der Waals surface area contributed by atoms with Crippen molar-refractivity contribution in [2.75, 3.05) is 6.54 Å². The van der Waals surface area contributed by atoms with Crippen LogP contribution in [-0.4, -0.2) is 11.5 Å². The molecule has 0 aliphatic heterocycles. The molecule has 0 bridgehead atoms. The van der Waals surface area contributed by atoms with Crippen LogP contribution >= 0.6 is 38.9 Å². The number of halogens is 2. The van der Waals surface area contributed by atoms with Crippen molar-refractivity contribution in [3.05, 3.63) is 49.8 Å². The van der Waals surface area contributed by atoms with Gasteiger partial charge in [0, 0.05) is 33.0 Å². The monoisotopic (exact) mass is 358 g/mol. The van der Waals surface area contributed by atoms with Crippen LogP contribution in [0.3, 0.4) is 0 Å². The highest BCUT2D eigenvalue weighted by atomic mass is 79.9. The van der Waals surface area contributed by atoms with Crippen molar-refractivity contribution in [1.29, 1.82) is 0 Å². The lowest BCUT2D eigenvalue weighted by Gasteiger charge is -2.19. The van der Waals surface area contributed by atoms with Crippen LogP contribution in [0.25, 0.3) is 0 Å². The first-order chi connectivity index (χ1) is 9.20. The molecule has 1 heterocycles. The maximum atomic E-state index is 6.36. The first-order valence-corrected chi connectivity index (χ1v) is 8.31. The number of nitrogens with zero attached hydrogens (tertiary/aromatic N) is 1. The van der Waals surface area contributed by atoms with Crippen LogP contribution in [-0.2, 0) is 6.42 Å². The molecule has 0 saturated carbocycles. The Morgan fingerprint density at radius 3 is 2.95 bits per heavy atom. The molecule has 1 atom stereocenters. The van der Waals surface area contributed by atoms with E-state index in [0.29, 0.717) is 0 Å². The largest absolute Gasteiger partial charge is 0.310 e. The Morgan fingerprint density at radius 1 is 1.47 bits per heavy atom. The highest BCUT2D eigenvalue weighted by Crippen LogP contribution is 2.29. The van der Waals surface area contributed by atoms with Crippen molar-refractivity contribution in [2.45, 2.75) is 25.8 Å². The first-order valence-electron chi connectivity index (χ1n) is 6.26. The molecule has 1 aromatic carbocycles. The van der Waals surface area contributed by atoms with Crippen LogP contribution in [0.2, 0.25) is 5.02 Å². The van der Waals surface area contributed by atoms with Gasteiger partial charge in [0.2, 0.25) is 0 Å². The van der Waals surface area contributed by atoms with Gasteiger partial charge >= 0.3 is 0 Å². The number of benzene rings is 1. The van der Waals surface area contributed by atoms with Crippen molar-refractivity contribution in [2.24, 2.45) is 0 Å². The Balaban J connectivity index is 2.20. The Bertz CT molecular complexity index is 516. The Kier molecular flexibility index (Phi) is 5.82. The van der Waals surface area contributed by atoms with E-state index in [0.717, 1.165) is 34.4 Å². The summed E-state index contributed by atoms with van der Waals surface area (Å²) >= 11 is 11.5. The molecule has 102 valence electrons. The maximum absolute atomic E-state index is 6.36. The van der Waals surface area contributed by atoms with Gasteiger partial charge in [-0.05, 0) is 30.7 Å². The average molecular weight is 360 g/mol. The summed E-state index contributed by atoms with van der Waals surface area (Å²) in [6.45, 7) is 3.15. The van der Waals surface area contributed by atoms with E-state index in [1.807, 2.05) is 23.8 Å². The van der Waals surface area contributed by atoms with Gasteiger partial charge in [-0.2, -0.15) is 0 Å². The van der Waals surface area contributed by atoms with E-state index in [4.69, 9.17) is 11.6 Å². The summed E-state index contributed by atoms with van der Waals surface area (Å²) in [6, 6.07) is 6.31. The highest BCUT2D eigenvalue weighted by Gasteiger charge is 2.15. The summed E-state index contributed by atoms with van der Waals surface area (Å²) in [5.74, 6) is 0. The van der Waals surface area contributed by atoms with E-state index in [9.17, 15) is 0 Å². The van der Waals surface area contributed by atoms with Crippen LogP contribution in [0.15, 0.2) is 34.4 Å². The van der Waals surface area contributed by atoms with Crippen molar-refractivity contribution in [3.63, 3.8) is 0 Å². The standard InChI is InChI=1S/C14H16BrClN2S/c1-2-5-18-14(7-11-8-17-9-19-11)12-4-3-10(15)6-13(12)16/h3-4,6,8-9,14,18H,2,5,7H2,1H3. The fourth-order valence-electron chi connectivity index (χ4n) is 1.94. The third kappa shape index (κ3) is 4.28. The fraction of sp³-hybridized carbons (Fsp3) is 0.357. The number of nitrogens with one attached hydrogen (secondary N) is 1. The molecule has 1 unspecified atom stereocenters. The van der Waals surface area contributed by atoms with Crippen LogP contribution in [0, 0.1) is 0 Å². The first kappa shape index (κ1) is 15.0. The number of aromatic nitrogens is 1.